The molecule has 1 heterocycles. The molecule has 1 aliphatic heterocycles. The highest BCUT2D eigenvalue weighted by atomic mass is 16.1. The van der Waals surface area contributed by atoms with Crippen LogP contribution in [0.2, 0.25) is 0 Å². The lowest BCUT2D eigenvalue weighted by atomic mass is 9.95. The minimum absolute atomic E-state index is 0.169. The molecule has 0 spiro atoms. The maximum atomic E-state index is 11.9. The number of hydrogen-bond donors (Lipinski definition) is 1. The first kappa shape index (κ1) is 14.0. The highest BCUT2D eigenvalue weighted by Crippen LogP contribution is 2.17. The molecule has 0 aliphatic carbocycles. The fraction of sp³-hybridized carbons (Fsp3) is 0.846. The van der Waals surface area contributed by atoms with Gasteiger partial charge in [-0.2, -0.15) is 5.26 Å². The van der Waals surface area contributed by atoms with Gasteiger partial charge in [0.2, 0.25) is 5.91 Å². The van der Waals surface area contributed by atoms with E-state index in [1.165, 1.54) is 0 Å². The minimum atomic E-state index is 0.169. The topological polar surface area (TPSA) is 56.1 Å². The van der Waals surface area contributed by atoms with E-state index >= 15 is 0 Å². The number of rotatable bonds is 5. The van der Waals surface area contributed by atoms with Gasteiger partial charge in [0.1, 0.15) is 0 Å². The van der Waals surface area contributed by atoms with Gasteiger partial charge >= 0.3 is 0 Å². The lowest BCUT2D eigenvalue weighted by molar-refractivity contribution is -0.127. The monoisotopic (exact) mass is 237 g/mol. The van der Waals surface area contributed by atoms with Gasteiger partial charge in [-0.15, -0.1) is 0 Å². The Hall–Kier alpha value is -1.08. The van der Waals surface area contributed by atoms with Gasteiger partial charge in [0, 0.05) is 24.9 Å². The molecule has 0 radical (unpaired) electrons. The molecule has 1 amide bonds. The molecular formula is C13H23N3O. The number of nitrogens with one attached hydrogen (secondary N) is 1. The summed E-state index contributed by atoms with van der Waals surface area (Å²) in [4.78, 5) is 14.2. The number of carbonyl (C=O) groups is 1. The average molecular weight is 237 g/mol. The van der Waals surface area contributed by atoms with Crippen molar-refractivity contribution in [2.24, 2.45) is 5.92 Å². The third kappa shape index (κ3) is 4.74. The number of piperidine rings is 1. The van der Waals surface area contributed by atoms with Gasteiger partial charge < -0.3 is 10.2 Å². The van der Waals surface area contributed by atoms with Crippen LogP contribution in [0.3, 0.4) is 0 Å². The zero-order valence-electron chi connectivity index (χ0n) is 10.9. The Morgan fingerprint density at radius 3 is 2.71 bits per heavy atom. The van der Waals surface area contributed by atoms with Crippen molar-refractivity contribution in [2.75, 3.05) is 19.6 Å². The molecule has 0 aromatic heterocycles. The van der Waals surface area contributed by atoms with Crippen molar-refractivity contribution in [3.05, 3.63) is 0 Å². The van der Waals surface area contributed by atoms with Crippen molar-refractivity contribution >= 4 is 5.91 Å². The molecule has 1 saturated heterocycles. The molecule has 4 nitrogen and oxygen atoms in total. The van der Waals surface area contributed by atoms with E-state index in [0.717, 1.165) is 38.9 Å². The summed E-state index contributed by atoms with van der Waals surface area (Å²) in [5, 5.41) is 11.6. The smallest absolute Gasteiger partial charge is 0.223 e. The van der Waals surface area contributed by atoms with Gasteiger partial charge in [-0.1, -0.05) is 6.92 Å². The van der Waals surface area contributed by atoms with Gasteiger partial charge in [0.15, 0.2) is 0 Å². The van der Waals surface area contributed by atoms with Gasteiger partial charge in [-0.3, -0.25) is 4.79 Å². The Balaban J connectivity index is 2.26. The van der Waals surface area contributed by atoms with Crippen molar-refractivity contribution in [1.29, 1.82) is 5.26 Å². The summed E-state index contributed by atoms with van der Waals surface area (Å²) in [5.74, 6) is 0.376. The van der Waals surface area contributed by atoms with Crippen LogP contribution in [-0.2, 0) is 4.79 Å². The summed E-state index contributed by atoms with van der Waals surface area (Å²) >= 11 is 0. The van der Waals surface area contributed by atoms with Crippen LogP contribution in [-0.4, -0.2) is 36.5 Å². The van der Waals surface area contributed by atoms with Gasteiger partial charge in [0.05, 0.1) is 6.07 Å². The Labute approximate surface area is 104 Å². The zero-order chi connectivity index (χ0) is 12.7. The number of nitriles is 1. The van der Waals surface area contributed by atoms with Crippen molar-refractivity contribution in [2.45, 2.75) is 45.6 Å². The van der Waals surface area contributed by atoms with Crippen molar-refractivity contribution in [1.82, 2.24) is 10.2 Å². The molecule has 1 rings (SSSR count). The molecule has 0 bridgehead atoms. The lowest BCUT2D eigenvalue weighted by Crippen LogP contribution is -2.43. The number of hydrogen-bond acceptors (Lipinski definition) is 3. The van der Waals surface area contributed by atoms with Gasteiger partial charge in [-0.05, 0) is 39.3 Å². The Morgan fingerprint density at radius 1 is 1.53 bits per heavy atom. The van der Waals surface area contributed by atoms with Crippen LogP contribution in [0.1, 0.15) is 39.5 Å². The second kappa shape index (κ2) is 7.29. The van der Waals surface area contributed by atoms with Crippen molar-refractivity contribution in [3.63, 3.8) is 0 Å². The summed E-state index contributed by atoms with van der Waals surface area (Å²) in [6.07, 6.45) is 3.41. The molecule has 1 unspecified atom stereocenters. The number of nitrogens with zero attached hydrogens (tertiary/aromatic N) is 2. The van der Waals surface area contributed by atoms with Gasteiger partial charge in [-0.25, -0.2) is 0 Å². The van der Waals surface area contributed by atoms with Crippen LogP contribution in [0.15, 0.2) is 0 Å². The highest BCUT2D eigenvalue weighted by Gasteiger charge is 2.25. The number of amides is 1. The molecule has 17 heavy (non-hydrogen) atoms. The third-order valence-electron chi connectivity index (χ3n) is 3.50. The Bertz CT molecular complexity index is 277. The zero-order valence-corrected chi connectivity index (χ0v) is 10.9. The molecule has 4 heteroatoms. The highest BCUT2D eigenvalue weighted by molar-refractivity contribution is 5.79. The van der Waals surface area contributed by atoms with Crippen LogP contribution < -0.4 is 5.32 Å². The largest absolute Gasteiger partial charge is 0.353 e. The van der Waals surface area contributed by atoms with E-state index in [0.29, 0.717) is 6.42 Å². The Morgan fingerprint density at radius 2 is 2.18 bits per heavy atom. The molecule has 0 aromatic rings. The summed E-state index contributed by atoms with van der Waals surface area (Å²) in [6, 6.07) is 2.44. The predicted octanol–water partition coefficient (Wildman–Crippen LogP) is 1.53. The van der Waals surface area contributed by atoms with E-state index in [1.807, 2.05) is 6.92 Å². The quantitative estimate of drug-likeness (QED) is 0.789. The summed E-state index contributed by atoms with van der Waals surface area (Å²) < 4.78 is 0. The first-order valence-electron chi connectivity index (χ1n) is 6.57. The van der Waals surface area contributed by atoms with Gasteiger partial charge in [0.25, 0.3) is 0 Å². The Kier molecular flexibility index (Phi) is 5.99. The first-order valence-corrected chi connectivity index (χ1v) is 6.57. The van der Waals surface area contributed by atoms with E-state index < -0.39 is 0 Å². The molecule has 1 atom stereocenters. The first-order chi connectivity index (χ1) is 8.17. The van der Waals surface area contributed by atoms with Crippen LogP contribution in [0, 0.1) is 17.2 Å². The second-order valence-electron chi connectivity index (χ2n) is 4.84. The molecule has 1 fully saturated rings. The van der Waals surface area contributed by atoms with E-state index in [2.05, 4.69) is 23.2 Å². The standard InChI is InChI=1S/C13H23N3O/c1-3-11(2)15-13(17)12-5-9-16(10-6-12)8-4-7-14/h11-12H,3-6,8-10H2,1-2H3,(H,15,17). The van der Waals surface area contributed by atoms with E-state index in [4.69, 9.17) is 5.26 Å². The van der Waals surface area contributed by atoms with Crippen LogP contribution in [0.4, 0.5) is 0 Å². The van der Waals surface area contributed by atoms with Crippen LogP contribution in [0.5, 0.6) is 0 Å². The predicted molar refractivity (Wildman–Crippen MR) is 67.3 cm³/mol. The molecule has 1 N–H and O–H groups in total. The summed E-state index contributed by atoms with van der Waals surface area (Å²) in [7, 11) is 0. The molecule has 1 aliphatic rings. The fourth-order valence-electron chi connectivity index (χ4n) is 2.09. The fourth-order valence-corrected chi connectivity index (χ4v) is 2.09. The molecule has 96 valence electrons. The van der Waals surface area contributed by atoms with E-state index in [1.54, 1.807) is 0 Å². The molecule has 0 aromatic carbocycles. The van der Waals surface area contributed by atoms with E-state index in [9.17, 15) is 4.79 Å². The maximum Gasteiger partial charge on any atom is 0.223 e. The third-order valence-corrected chi connectivity index (χ3v) is 3.50. The molecular weight excluding hydrogens is 214 g/mol. The number of carbonyl (C=O) groups excluding carboxylic acids is 1. The normalized spacial score (nSPS) is 19.6. The van der Waals surface area contributed by atoms with Crippen LogP contribution >= 0.6 is 0 Å². The summed E-state index contributed by atoms with van der Waals surface area (Å²) in [5.41, 5.74) is 0. The van der Waals surface area contributed by atoms with E-state index in [-0.39, 0.29) is 17.9 Å². The number of likely N-dealkylation sites (tertiary alicyclic amines) is 1. The summed E-state index contributed by atoms with van der Waals surface area (Å²) in [6.45, 7) is 6.85. The minimum Gasteiger partial charge on any atom is -0.353 e. The van der Waals surface area contributed by atoms with Crippen molar-refractivity contribution < 1.29 is 4.79 Å². The second-order valence-corrected chi connectivity index (χ2v) is 4.84. The van der Waals surface area contributed by atoms with Crippen LogP contribution in [0.25, 0.3) is 0 Å². The molecule has 0 saturated carbocycles. The lowest BCUT2D eigenvalue weighted by Gasteiger charge is -2.31. The SMILES string of the molecule is CCC(C)NC(=O)C1CCN(CCC#N)CC1. The maximum absolute atomic E-state index is 11.9. The average Bonchev–Trinajstić information content (AvgIpc) is 2.36. The van der Waals surface area contributed by atoms with Crippen molar-refractivity contribution in [3.8, 4) is 6.07 Å².